The molecule has 1 saturated heterocycles. The summed E-state index contributed by atoms with van der Waals surface area (Å²) < 4.78 is 28.1. The third-order valence-corrected chi connectivity index (χ3v) is 4.62. The summed E-state index contributed by atoms with van der Waals surface area (Å²) in [7, 11) is -4.04. The van der Waals surface area contributed by atoms with Crippen molar-refractivity contribution in [3.05, 3.63) is 28.3 Å². The molecule has 1 aromatic carbocycles. The Hall–Kier alpha value is -2.44. The number of nitrogens with one attached hydrogen (secondary N) is 1. The van der Waals surface area contributed by atoms with E-state index in [2.05, 4.69) is 5.43 Å². The Morgan fingerprint density at radius 1 is 1.26 bits per heavy atom. The van der Waals surface area contributed by atoms with Crippen molar-refractivity contribution >= 4 is 27.5 Å². The van der Waals surface area contributed by atoms with Gasteiger partial charge in [0, 0.05) is 32.2 Å². The van der Waals surface area contributed by atoms with Crippen LogP contribution in [0.5, 0.6) is 0 Å². The normalized spacial score (nSPS) is 16.1. The Morgan fingerprint density at radius 2 is 1.85 bits per heavy atom. The number of rotatable bonds is 4. The highest BCUT2D eigenvalue weighted by Crippen LogP contribution is 2.27. The molecule has 0 aromatic heterocycles. The van der Waals surface area contributed by atoms with Gasteiger partial charge in [-0.05, 0) is 32.9 Å². The summed E-state index contributed by atoms with van der Waals surface area (Å²) in [5.74, 6) is 0. The number of piperazine rings is 1. The zero-order chi connectivity index (χ0) is 20.4. The third kappa shape index (κ3) is 5.77. The number of nitrogens with two attached hydrogens (primary N) is 1. The summed E-state index contributed by atoms with van der Waals surface area (Å²) in [6, 6.07) is 3.40. The topological polar surface area (TPSA) is 148 Å². The minimum absolute atomic E-state index is 0.137. The van der Waals surface area contributed by atoms with Gasteiger partial charge >= 0.3 is 6.09 Å². The molecule has 0 spiro atoms. The largest absolute Gasteiger partial charge is 0.444 e. The molecule has 1 heterocycles. The van der Waals surface area contributed by atoms with Crippen LogP contribution in [0.2, 0.25) is 0 Å². The SMILES string of the molecule is CC(C)(C)OC(=O)N1CCN(Nc2ccc(S(N)(=O)=O)cc2[N+](=O)[O-])CC1. The number of nitro benzene ring substituents is 1. The van der Waals surface area contributed by atoms with Crippen LogP contribution in [0.15, 0.2) is 23.1 Å². The lowest BCUT2D eigenvalue weighted by molar-refractivity contribution is -0.384. The molecule has 12 heteroatoms. The second kappa shape index (κ2) is 7.66. The fourth-order valence-corrected chi connectivity index (χ4v) is 2.97. The van der Waals surface area contributed by atoms with Gasteiger partial charge in [-0.15, -0.1) is 0 Å². The van der Waals surface area contributed by atoms with E-state index in [1.807, 2.05) is 0 Å². The van der Waals surface area contributed by atoms with Crippen LogP contribution < -0.4 is 10.6 Å². The van der Waals surface area contributed by atoms with Crippen LogP contribution >= 0.6 is 0 Å². The molecular formula is C15H23N5O6S. The molecule has 27 heavy (non-hydrogen) atoms. The number of sulfonamides is 1. The van der Waals surface area contributed by atoms with Gasteiger partial charge in [-0.2, -0.15) is 0 Å². The van der Waals surface area contributed by atoms with Crippen LogP contribution in [0.1, 0.15) is 20.8 Å². The zero-order valence-corrected chi connectivity index (χ0v) is 16.2. The maximum absolute atomic E-state index is 12.1. The van der Waals surface area contributed by atoms with E-state index in [4.69, 9.17) is 9.88 Å². The van der Waals surface area contributed by atoms with Gasteiger partial charge in [0.25, 0.3) is 5.69 Å². The number of anilines is 1. The monoisotopic (exact) mass is 401 g/mol. The van der Waals surface area contributed by atoms with Gasteiger partial charge in [-0.1, -0.05) is 0 Å². The summed E-state index contributed by atoms with van der Waals surface area (Å²) in [5.41, 5.74) is 2.04. The van der Waals surface area contributed by atoms with E-state index in [-0.39, 0.29) is 10.6 Å². The summed E-state index contributed by atoms with van der Waals surface area (Å²) >= 11 is 0. The number of nitrogens with zero attached hydrogens (tertiary/aromatic N) is 3. The Bertz CT molecular complexity index is 828. The van der Waals surface area contributed by atoms with Crippen molar-refractivity contribution in [1.29, 1.82) is 0 Å². The van der Waals surface area contributed by atoms with E-state index in [0.29, 0.717) is 26.2 Å². The van der Waals surface area contributed by atoms with Gasteiger partial charge < -0.3 is 15.1 Å². The first-order valence-corrected chi connectivity index (χ1v) is 9.72. The zero-order valence-electron chi connectivity index (χ0n) is 15.3. The molecule has 3 N–H and O–H groups in total. The van der Waals surface area contributed by atoms with Crippen molar-refractivity contribution in [2.45, 2.75) is 31.3 Å². The summed E-state index contributed by atoms with van der Waals surface area (Å²) in [6.07, 6.45) is -0.411. The number of ether oxygens (including phenoxy) is 1. The highest BCUT2D eigenvalue weighted by Gasteiger charge is 2.27. The molecule has 0 unspecified atom stereocenters. The van der Waals surface area contributed by atoms with Crippen LogP contribution in [0, 0.1) is 10.1 Å². The van der Waals surface area contributed by atoms with Crippen molar-refractivity contribution in [3.63, 3.8) is 0 Å². The highest BCUT2D eigenvalue weighted by molar-refractivity contribution is 7.89. The molecule has 150 valence electrons. The molecule has 0 atom stereocenters. The van der Waals surface area contributed by atoms with Crippen LogP contribution in [0.3, 0.4) is 0 Å². The first kappa shape index (κ1) is 20.9. The van der Waals surface area contributed by atoms with Crippen LogP contribution in [0.4, 0.5) is 16.2 Å². The molecule has 1 aromatic rings. The molecule has 1 amide bonds. The van der Waals surface area contributed by atoms with Gasteiger partial charge in [0.2, 0.25) is 10.0 Å². The molecule has 0 radical (unpaired) electrons. The molecule has 2 rings (SSSR count). The number of carbonyl (C=O) groups is 1. The Morgan fingerprint density at radius 3 is 2.33 bits per heavy atom. The first-order chi connectivity index (χ1) is 12.4. The van der Waals surface area contributed by atoms with E-state index >= 15 is 0 Å². The van der Waals surface area contributed by atoms with Gasteiger partial charge in [-0.25, -0.2) is 23.4 Å². The summed E-state index contributed by atoms with van der Waals surface area (Å²) in [6.45, 7) is 6.93. The number of hydrogen-bond donors (Lipinski definition) is 2. The molecule has 0 aliphatic carbocycles. The summed E-state index contributed by atoms with van der Waals surface area (Å²) in [5, 5.41) is 18.0. The Balaban J connectivity index is 2.05. The van der Waals surface area contributed by atoms with E-state index in [1.165, 1.54) is 12.1 Å². The van der Waals surface area contributed by atoms with Crippen LogP contribution in [-0.4, -0.2) is 61.1 Å². The molecule has 11 nitrogen and oxygen atoms in total. The van der Waals surface area contributed by atoms with Crippen molar-refractivity contribution < 1.29 is 22.9 Å². The van der Waals surface area contributed by atoms with Gasteiger partial charge in [0.15, 0.2) is 0 Å². The molecule has 0 bridgehead atoms. The number of hydrogen-bond acceptors (Lipinski definition) is 8. The molecule has 0 saturated carbocycles. The van der Waals surface area contributed by atoms with E-state index in [1.54, 1.807) is 30.7 Å². The predicted molar refractivity (Wildman–Crippen MR) is 97.5 cm³/mol. The van der Waals surface area contributed by atoms with Gasteiger partial charge in [-0.3, -0.25) is 10.1 Å². The minimum atomic E-state index is -4.04. The average molecular weight is 401 g/mol. The second-order valence-corrected chi connectivity index (χ2v) is 8.61. The lowest BCUT2D eigenvalue weighted by Gasteiger charge is -2.35. The number of primary sulfonamides is 1. The highest BCUT2D eigenvalue weighted by atomic mass is 32.2. The van der Waals surface area contributed by atoms with E-state index in [9.17, 15) is 23.3 Å². The predicted octanol–water partition coefficient (Wildman–Crippen LogP) is 1.12. The fraction of sp³-hybridized carbons (Fsp3) is 0.533. The van der Waals surface area contributed by atoms with Crippen molar-refractivity contribution in [2.75, 3.05) is 31.6 Å². The number of nitro groups is 1. The smallest absolute Gasteiger partial charge is 0.410 e. The minimum Gasteiger partial charge on any atom is -0.444 e. The van der Waals surface area contributed by atoms with Gasteiger partial charge in [0.1, 0.15) is 11.3 Å². The standard InChI is InChI=1S/C15H23N5O6S/c1-15(2,3)26-14(21)18-6-8-19(9-7-18)17-12-5-4-11(27(16,24)25)10-13(12)20(22)23/h4-5,10,17H,6-9H2,1-3H3,(H2,16,24,25). The lowest BCUT2D eigenvalue weighted by atomic mass is 10.2. The van der Waals surface area contributed by atoms with Crippen LogP contribution in [-0.2, 0) is 14.8 Å². The van der Waals surface area contributed by atoms with Crippen LogP contribution in [0.25, 0.3) is 0 Å². The first-order valence-electron chi connectivity index (χ1n) is 8.17. The molecule has 1 aliphatic rings. The average Bonchev–Trinajstić information content (AvgIpc) is 2.53. The molecular weight excluding hydrogens is 378 g/mol. The third-order valence-electron chi connectivity index (χ3n) is 3.70. The second-order valence-electron chi connectivity index (χ2n) is 7.05. The van der Waals surface area contributed by atoms with Crippen molar-refractivity contribution in [3.8, 4) is 0 Å². The Kier molecular flexibility index (Phi) is 5.92. The van der Waals surface area contributed by atoms with Gasteiger partial charge in [0.05, 0.1) is 9.82 Å². The number of hydrazine groups is 1. The quantitative estimate of drug-likeness (QED) is 0.563. The maximum atomic E-state index is 12.1. The maximum Gasteiger partial charge on any atom is 0.410 e. The fourth-order valence-electron chi connectivity index (χ4n) is 2.43. The van der Waals surface area contributed by atoms with E-state index < -0.39 is 32.3 Å². The number of amides is 1. The molecule has 1 fully saturated rings. The van der Waals surface area contributed by atoms with E-state index in [0.717, 1.165) is 6.07 Å². The number of carbonyl (C=O) groups excluding carboxylic acids is 1. The van der Waals surface area contributed by atoms with Crippen molar-refractivity contribution in [1.82, 2.24) is 9.91 Å². The lowest BCUT2D eigenvalue weighted by Crippen LogP contribution is -2.51. The van der Waals surface area contributed by atoms with Crippen molar-refractivity contribution in [2.24, 2.45) is 5.14 Å². The molecule has 1 aliphatic heterocycles. The Labute approximate surface area is 157 Å². The summed E-state index contributed by atoms with van der Waals surface area (Å²) in [4.78, 5) is 23.9. The number of benzene rings is 1.